The predicted octanol–water partition coefficient (Wildman–Crippen LogP) is 11.8. The van der Waals surface area contributed by atoms with Crippen LogP contribution in [0.4, 0.5) is 0 Å². The lowest BCUT2D eigenvalue weighted by molar-refractivity contribution is 0.569. The van der Waals surface area contributed by atoms with Crippen LogP contribution in [0, 0.1) is 0 Å². The molecule has 3 unspecified atom stereocenters. The van der Waals surface area contributed by atoms with Crippen LogP contribution >= 0.6 is 0 Å². The van der Waals surface area contributed by atoms with E-state index in [1.54, 1.807) is 0 Å². The molecule has 2 heterocycles. The molecule has 296 valence electrons. The van der Waals surface area contributed by atoms with Gasteiger partial charge in [0.2, 0.25) is 0 Å². The average molecular weight is 806 g/mol. The summed E-state index contributed by atoms with van der Waals surface area (Å²) in [5.74, 6) is 1.98. The number of fused-ring (bicyclic) bond motifs is 8. The third kappa shape index (κ3) is 5.06. The van der Waals surface area contributed by atoms with E-state index in [1.165, 1.54) is 50.1 Å². The normalized spacial score (nSPS) is 19.0. The number of rotatable bonds is 6. The highest BCUT2D eigenvalue weighted by atomic mass is 16.3. The van der Waals surface area contributed by atoms with Gasteiger partial charge < -0.3 is 4.42 Å². The van der Waals surface area contributed by atoms with Crippen molar-refractivity contribution in [2.75, 3.05) is 0 Å². The van der Waals surface area contributed by atoms with Crippen molar-refractivity contribution < 1.29 is 4.42 Å². The molecule has 0 aliphatic heterocycles. The van der Waals surface area contributed by atoms with Crippen molar-refractivity contribution in [3.63, 3.8) is 0 Å². The second-order valence-electron chi connectivity index (χ2n) is 16.9. The first-order chi connectivity index (χ1) is 31.2. The van der Waals surface area contributed by atoms with Gasteiger partial charge in [-0.1, -0.05) is 200 Å². The summed E-state index contributed by atoms with van der Waals surface area (Å²) in [4.78, 5) is 15.8. The minimum Gasteiger partial charge on any atom is -0.456 e. The summed E-state index contributed by atoms with van der Waals surface area (Å²) in [5, 5.41) is 2.20. The molecule has 0 saturated carbocycles. The van der Waals surface area contributed by atoms with E-state index in [1.807, 2.05) is 30.3 Å². The monoisotopic (exact) mass is 805 g/mol. The third-order valence-corrected chi connectivity index (χ3v) is 13.8. The molecule has 0 amide bonds. The van der Waals surface area contributed by atoms with E-state index in [9.17, 15) is 0 Å². The van der Waals surface area contributed by atoms with Crippen LogP contribution in [-0.2, 0) is 10.8 Å². The Balaban J connectivity index is 1.07. The Bertz CT molecular complexity index is 3560. The first kappa shape index (κ1) is 35.8. The van der Waals surface area contributed by atoms with Crippen molar-refractivity contribution in [1.29, 1.82) is 0 Å². The number of hydrogen-bond donors (Lipinski definition) is 0. The molecule has 3 aliphatic carbocycles. The van der Waals surface area contributed by atoms with E-state index >= 15 is 0 Å². The summed E-state index contributed by atoms with van der Waals surface area (Å²) in [6, 6.07) is 74.9. The van der Waals surface area contributed by atoms with Crippen LogP contribution in [0.15, 0.2) is 211 Å². The minimum absolute atomic E-state index is 0.0635. The zero-order chi connectivity index (χ0) is 41.5. The fraction of sp³-hybridized carbons (Fsp3) is 0.0678. The predicted molar refractivity (Wildman–Crippen MR) is 252 cm³/mol. The summed E-state index contributed by atoms with van der Waals surface area (Å²) in [6.07, 6.45) is 5.19. The van der Waals surface area contributed by atoms with Gasteiger partial charge in [-0.15, -0.1) is 0 Å². The number of benzene rings is 8. The van der Waals surface area contributed by atoms with Crippen LogP contribution in [0.3, 0.4) is 0 Å². The van der Waals surface area contributed by atoms with E-state index in [0.717, 1.165) is 50.5 Å². The highest BCUT2D eigenvalue weighted by molar-refractivity contribution is 5.92. The molecule has 2 aromatic heterocycles. The molecule has 13 rings (SSSR count). The second-order valence-corrected chi connectivity index (χ2v) is 16.9. The largest absolute Gasteiger partial charge is 0.456 e. The van der Waals surface area contributed by atoms with Crippen molar-refractivity contribution in [3.05, 3.63) is 267 Å². The highest BCUT2D eigenvalue weighted by Crippen LogP contribution is 2.65. The second kappa shape index (κ2) is 13.8. The Hall–Kier alpha value is -7.95. The van der Waals surface area contributed by atoms with Gasteiger partial charge >= 0.3 is 0 Å². The quantitative estimate of drug-likeness (QED) is 0.168. The number of para-hydroxylation sites is 1. The molecule has 0 saturated heterocycles. The molecule has 0 N–H and O–H groups in total. The van der Waals surface area contributed by atoms with Crippen LogP contribution in [0.5, 0.6) is 0 Å². The molecule has 4 nitrogen and oxygen atoms in total. The zero-order valence-electron chi connectivity index (χ0n) is 34.3. The van der Waals surface area contributed by atoms with Crippen molar-refractivity contribution in [1.82, 2.24) is 15.0 Å². The van der Waals surface area contributed by atoms with E-state index in [4.69, 9.17) is 19.4 Å². The smallest absolute Gasteiger partial charge is 0.163 e. The number of hydrogen-bond acceptors (Lipinski definition) is 4. The molecule has 0 radical (unpaired) electrons. The lowest BCUT2D eigenvalue weighted by atomic mass is 9.51. The van der Waals surface area contributed by atoms with Gasteiger partial charge in [-0.3, -0.25) is 0 Å². The Morgan fingerprint density at radius 3 is 1.78 bits per heavy atom. The first-order valence-corrected chi connectivity index (χ1v) is 21.8. The van der Waals surface area contributed by atoms with Gasteiger partial charge in [-0.25, -0.2) is 15.0 Å². The van der Waals surface area contributed by atoms with Crippen LogP contribution in [0.1, 0.15) is 62.7 Å². The maximum Gasteiger partial charge on any atom is 0.163 e. The van der Waals surface area contributed by atoms with Gasteiger partial charge in [0.05, 0.1) is 10.8 Å². The fourth-order valence-electron chi connectivity index (χ4n) is 11.2. The van der Waals surface area contributed by atoms with Crippen LogP contribution in [0.2, 0.25) is 0 Å². The lowest BCUT2D eigenvalue weighted by Crippen LogP contribution is -2.44. The molecule has 10 aromatic rings. The van der Waals surface area contributed by atoms with E-state index < -0.39 is 10.8 Å². The molecular weight excluding hydrogens is 767 g/mol. The molecular formula is C59H39N3O. The molecule has 8 aromatic carbocycles. The Morgan fingerprint density at radius 2 is 1.00 bits per heavy atom. The van der Waals surface area contributed by atoms with E-state index in [0.29, 0.717) is 11.6 Å². The van der Waals surface area contributed by atoms with Gasteiger partial charge in [0.25, 0.3) is 0 Å². The Labute approximate surface area is 365 Å². The number of nitrogens with zero attached hydrogens (tertiary/aromatic N) is 3. The Morgan fingerprint density at radius 1 is 0.444 bits per heavy atom. The summed E-state index contributed by atoms with van der Waals surface area (Å²) in [6.45, 7) is 0. The van der Waals surface area contributed by atoms with Gasteiger partial charge in [0.15, 0.2) is 11.6 Å². The highest BCUT2D eigenvalue weighted by Gasteiger charge is 2.57. The number of furan rings is 1. The maximum atomic E-state index is 6.26. The van der Waals surface area contributed by atoms with Gasteiger partial charge in [0.1, 0.15) is 16.8 Å². The summed E-state index contributed by atoms with van der Waals surface area (Å²) >= 11 is 0. The van der Waals surface area contributed by atoms with Gasteiger partial charge in [-0.2, -0.15) is 0 Å². The van der Waals surface area contributed by atoms with Crippen molar-refractivity contribution >= 4 is 23.1 Å². The van der Waals surface area contributed by atoms with Crippen molar-refractivity contribution in [3.8, 4) is 33.9 Å². The SMILES string of the molecule is C1=c2oc3ccccc3c2=CC(c2nc(-c3ccccc3)nc(-c3cccc(C4(c5ccccc5)c5ccccc5C5(c6ccccc6)c6ccccc6-c6cccc4c65)c3)n2)C1. The van der Waals surface area contributed by atoms with Gasteiger partial charge in [-0.05, 0) is 80.3 Å². The van der Waals surface area contributed by atoms with Crippen LogP contribution in [0.25, 0.3) is 57.0 Å². The first-order valence-electron chi connectivity index (χ1n) is 21.8. The van der Waals surface area contributed by atoms with Crippen molar-refractivity contribution in [2.24, 2.45) is 0 Å². The lowest BCUT2D eigenvalue weighted by Gasteiger charge is -2.49. The molecule has 4 heteroatoms. The standard InChI is InChI=1S/C59H39N3O/c1-4-18-38(19-5-1)55-60-56(62-57(61-55)40-34-35-53-47(37-40)45-27-11-15-33-52(45)63-53)39-20-16-25-43(36-39)58(41-21-6-2-7-22-41)49-30-13-14-31-50(49)59(42-23-8-3-9-24-42)48-29-12-10-26-44(48)46-28-17-32-51(58)54(46)59/h1-33,35-37,40H,34H2. The molecule has 0 fully saturated rings. The Kier molecular flexibility index (Phi) is 7.83. The topological polar surface area (TPSA) is 51.8 Å². The van der Waals surface area contributed by atoms with E-state index in [-0.39, 0.29) is 5.92 Å². The average Bonchev–Trinajstić information content (AvgIpc) is 3.89. The molecule has 0 spiro atoms. The van der Waals surface area contributed by atoms with E-state index in [2.05, 4.69) is 188 Å². The maximum absolute atomic E-state index is 6.26. The molecule has 0 bridgehead atoms. The summed E-state index contributed by atoms with van der Waals surface area (Å²) in [7, 11) is 0. The zero-order valence-corrected chi connectivity index (χ0v) is 34.3. The number of aromatic nitrogens is 3. The van der Waals surface area contributed by atoms with Crippen LogP contribution < -0.4 is 10.6 Å². The van der Waals surface area contributed by atoms with Crippen molar-refractivity contribution in [2.45, 2.75) is 23.2 Å². The van der Waals surface area contributed by atoms with Crippen LogP contribution in [-0.4, -0.2) is 15.0 Å². The minimum atomic E-state index is -0.692. The fourth-order valence-corrected chi connectivity index (χ4v) is 11.2. The third-order valence-electron chi connectivity index (χ3n) is 13.8. The molecule has 63 heavy (non-hydrogen) atoms. The van der Waals surface area contributed by atoms with Gasteiger partial charge in [0, 0.05) is 27.6 Å². The summed E-state index contributed by atoms with van der Waals surface area (Å²) in [5.41, 5.74) is 15.1. The molecule has 3 atom stereocenters. The molecule has 3 aliphatic rings. The summed E-state index contributed by atoms with van der Waals surface area (Å²) < 4.78 is 6.26.